The molecule has 1 fully saturated rings. The highest BCUT2D eigenvalue weighted by Gasteiger charge is 2.35. The van der Waals surface area contributed by atoms with Gasteiger partial charge in [-0.3, -0.25) is 9.48 Å². The normalized spacial score (nSPS) is 18.8. The second-order valence-corrected chi connectivity index (χ2v) is 8.51. The number of carbonyl (C=O) groups excluding carboxylic acids is 1. The Balaban J connectivity index is 1.77. The van der Waals surface area contributed by atoms with Crippen molar-refractivity contribution in [3.05, 3.63) is 23.3 Å². The Morgan fingerprint density at radius 2 is 2.08 bits per heavy atom. The quantitative estimate of drug-likeness (QED) is 0.856. The van der Waals surface area contributed by atoms with Crippen molar-refractivity contribution in [2.24, 2.45) is 13.0 Å². The monoisotopic (exact) mass is 381 g/mol. The lowest BCUT2D eigenvalue weighted by Gasteiger charge is -2.31. The van der Waals surface area contributed by atoms with Crippen LogP contribution >= 0.6 is 0 Å². The summed E-state index contributed by atoms with van der Waals surface area (Å²) in [5.74, 6) is -0.117. The zero-order valence-electron chi connectivity index (χ0n) is 15.3. The van der Waals surface area contributed by atoms with Gasteiger partial charge in [0.2, 0.25) is 15.9 Å². The summed E-state index contributed by atoms with van der Waals surface area (Å²) in [7, 11) is -1.98. The van der Waals surface area contributed by atoms with E-state index in [4.69, 9.17) is 4.52 Å². The Morgan fingerprint density at radius 3 is 2.65 bits per heavy atom. The Labute approximate surface area is 152 Å². The summed E-state index contributed by atoms with van der Waals surface area (Å²) in [6.45, 7) is 5.72. The highest BCUT2D eigenvalue weighted by Crippen LogP contribution is 2.27. The number of sulfonamides is 1. The van der Waals surface area contributed by atoms with Crippen molar-refractivity contribution < 1.29 is 17.7 Å². The number of nitrogens with zero attached hydrogens (tertiary/aromatic N) is 4. The average molecular weight is 381 g/mol. The van der Waals surface area contributed by atoms with E-state index in [0.717, 1.165) is 0 Å². The van der Waals surface area contributed by atoms with Crippen LogP contribution in [0, 0.1) is 26.7 Å². The lowest BCUT2D eigenvalue weighted by Crippen LogP contribution is -2.43. The second kappa shape index (κ2) is 6.84. The number of anilines is 1. The van der Waals surface area contributed by atoms with Crippen molar-refractivity contribution in [2.45, 2.75) is 38.5 Å². The van der Waals surface area contributed by atoms with Crippen molar-refractivity contribution >= 4 is 21.6 Å². The number of aryl methyl sites for hydroxylation is 3. The molecule has 0 radical (unpaired) electrons. The van der Waals surface area contributed by atoms with Crippen LogP contribution in [0.2, 0.25) is 0 Å². The minimum absolute atomic E-state index is 0.145. The molecule has 1 aliphatic rings. The van der Waals surface area contributed by atoms with E-state index < -0.39 is 15.9 Å². The van der Waals surface area contributed by atoms with Crippen LogP contribution < -0.4 is 5.32 Å². The maximum Gasteiger partial charge on any atom is 0.246 e. The van der Waals surface area contributed by atoms with E-state index in [1.807, 2.05) is 0 Å². The van der Waals surface area contributed by atoms with Crippen molar-refractivity contribution in [1.82, 2.24) is 19.2 Å². The molecule has 2 aromatic heterocycles. The molecule has 0 aliphatic carbocycles. The minimum atomic E-state index is -3.68. The number of piperidine rings is 1. The van der Waals surface area contributed by atoms with Crippen LogP contribution in [0.1, 0.15) is 30.0 Å². The summed E-state index contributed by atoms with van der Waals surface area (Å²) < 4.78 is 33.8. The largest absolute Gasteiger partial charge is 0.359 e. The van der Waals surface area contributed by atoms with Gasteiger partial charge in [-0.2, -0.15) is 9.40 Å². The predicted octanol–water partition coefficient (Wildman–Crippen LogP) is 1.37. The molecule has 0 spiro atoms. The van der Waals surface area contributed by atoms with Crippen molar-refractivity contribution in [3.8, 4) is 0 Å². The van der Waals surface area contributed by atoms with Gasteiger partial charge >= 0.3 is 0 Å². The van der Waals surface area contributed by atoms with Gasteiger partial charge in [0, 0.05) is 20.1 Å². The van der Waals surface area contributed by atoms with Gasteiger partial charge in [0.05, 0.1) is 17.8 Å². The molecule has 2 aromatic rings. The van der Waals surface area contributed by atoms with Crippen LogP contribution in [0.3, 0.4) is 0 Å². The number of aromatic nitrogens is 3. The van der Waals surface area contributed by atoms with E-state index in [1.54, 1.807) is 27.8 Å². The number of rotatable bonds is 4. The first-order valence-corrected chi connectivity index (χ1v) is 9.88. The fraction of sp³-hybridized carbons (Fsp3) is 0.562. The molecule has 9 nitrogen and oxygen atoms in total. The predicted molar refractivity (Wildman–Crippen MR) is 94.0 cm³/mol. The van der Waals surface area contributed by atoms with E-state index in [-0.39, 0.29) is 17.3 Å². The van der Waals surface area contributed by atoms with Crippen LogP contribution in [0.25, 0.3) is 0 Å². The van der Waals surface area contributed by atoms with Gasteiger partial charge in [-0.05, 0) is 33.6 Å². The molecule has 1 aliphatic heterocycles. The minimum Gasteiger partial charge on any atom is -0.359 e. The van der Waals surface area contributed by atoms with E-state index in [9.17, 15) is 13.2 Å². The van der Waals surface area contributed by atoms with Gasteiger partial charge in [-0.15, -0.1) is 0 Å². The van der Waals surface area contributed by atoms with Crippen LogP contribution in [0.4, 0.5) is 5.69 Å². The second-order valence-electron chi connectivity index (χ2n) is 6.61. The number of amides is 1. The smallest absolute Gasteiger partial charge is 0.246 e. The lowest BCUT2D eigenvalue weighted by atomic mass is 9.98. The van der Waals surface area contributed by atoms with E-state index in [0.29, 0.717) is 42.2 Å². The summed E-state index contributed by atoms with van der Waals surface area (Å²) in [5, 5.41) is 10.7. The van der Waals surface area contributed by atoms with Crippen LogP contribution in [-0.4, -0.2) is 46.7 Å². The summed E-state index contributed by atoms with van der Waals surface area (Å²) in [6.07, 6.45) is 2.61. The first kappa shape index (κ1) is 18.6. The lowest BCUT2D eigenvalue weighted by molar-refractivity contribution is -0.120. The molecule has 3 heterocycles. The van der Waals surface area contributed by atoms with Gasteiger partial charge in [-0.25, -0.2) is 8.42 Å². The third kappa shape index (κ3) is 3.26. The summed E-state index contributed by atoms with van der Waals surface area (Å²) in [5.41, 5.74) is 1.73. The van der Waals surface area contributed by atoms with Gasteiger partial charge in [0.15, 0.2) is 5.76 Å². The molecule has 0 saturated carbocycles. The molecule has 0 bridgehead atoms. The fourth-order valence-corrected chi connectivity index (χ4v) is 4.84. The standard InChI is InChI=1S/C16H23N5O4S/c1-10-15(12(3)25-19-10)18-16(22)13-6-5-7-21(9-13)26(23,24)14-8-17-20(4)11(14)2/h8,13H,5-7,9H2,1-4H3,(H,18,22)/t13-/m0/s1. The van der Waals surface area contributed by atoms with Gasteiger partial charge in [-0.1, -0.05) is 5.16 Å². The van der Waals surface area contributed by atoms with Crippen LogP contribution in [0.15, 0.2) is 15.6 Å². The topological polar surface area (TPSA) is 110 Å². The molecular weight excluding hydrogens is 358 g/mol. The van der Waals surface area contributed by atoms with Crippen LogP contribution in [-0.2, 0) is 21.9 Å². The molecule has 1 saturated heterocycles. The molecule has 26 heavy (non-hydrogen) atoms. The summed E-state index contributed by atoms with van der Waals surface area (Å²) in [6, 6.07) is 0. The molecule has 1 amide bonds. The van der Waals surface area contributed by atoms with Crippen molar-refractivity contribution in [2.75, 3.05) is 18.4 Å². The number of hydrogen-bond acceptors (Lipinski definition) is 6. The molecule has 0 aromatic carbocycles. The van der Waals surface area contributed by atoms with E-state index in [1.165, 1.54) is 15.2 Å². The maximum absolute atomic E-state index is 12.9. The molecule has 3 rings (SSSR count). The molecule has 1 N–H and O–H groups in total. The van der Waals surface area contributed by atoms with Crippen molar-refractivity contribution in [1.29, 1.82) is 0 Å². The van der Waals surface area contributed by atoms with Gasteiger partial charge in [0.1, 0.15) is 16.3 Å². The maximum atomic E-state index is 12.9. The first-order chi connectivity index (χ1) is 12.2. The zero-order valence-corrected chi connectivity index (χ0v) is 16.1. The third-order valence-electron chi connectivity index (χ3n) is 4.84. The highest BCUT2D eigenvalue weighted by atomic mass is 32.2. The summed E-state index contributed by atoms with van der Waals surface area (Å²) in [4.78, 5) is 12.8. The highest BCUT2D eigenvalue weighted by molar-refractivity contribution is 7.89. The SMILES string of the molecule is Cc1noc(C)c1NC(=O)[C@H]1CCCN(S(=O)(=O)c2cnn(C)c2C)C1. The first-order valence-electron chi connectivity index (χ1n) is 8.44. The zero-order chi connectivity index (χ0) is 19.1. The molecular formula is C16H23N5O4S. The molecule has 0 unspecified atom stereocenters. The average Bonchev–Trinajstić information content (AvgIpc) is 3.11. The number of carbonyl (C=O) groups is 1. The Bertz CT molecular complexity index is 911. The molecule has 142 valence electrons. The van der Waals surface area contributed by atoms with Crippen molar-refractivity contribution in [3.63, 3.8) is 0 Å². The van der Waals surface area contributed by atoms with Crippen LogP contribution in [0.5, 0.6) is 0 Å². The number of hydrogen-bond donors (Lipinski definition) is 1. The number of nitrogens with one attached hydrogen (secondary N) is 1. The Kier molecular flexibility index (Phi) is 4.89. The molecule has 10 heteroatoms. The summed E-state index contributed by atoms with van der Waals surface area (Å²) >= 11 is 0. The third-order valence-corrected chi connectivity index (χ3v) is 6.81. The van der Waals surface area contributed by atoms with Gasteiger partial charge < -0.3 is 9.84 Å². The molecule has 1 atom stereocenters. The van der Waals surface area contributed by atoms with Gasteiger partial charge in [0.25, 0.3) is 0 Å². The Morgan fingerprint density at radius 1 is 1.35 bits per heavy atom. The van der Waals surface area contributed by atoms with E-state index >= 15 is 0 Å². The fourth-order valence-electron chi connectivity index (χ4n) is 3.13. The van der Waals surface area contributed by atoms with E-state index in [2.05, 4.69) is 15.6 Å². The Hall–Kier alpha value is -2.20.